The second-order valence-electron chi connectivity index (χ2n) is 6.71. The summed E-state index contributed by atoms with van der Waals surface area (Å²) in [5, 5.41) is 5.99. The van der Waals surface area contributed by atoms with Crippen molar-refractivity contribution >= 4 is 34.8 Å². The third-order valence-electron chi connectivity index (χ3n) is 4.64. The molecule has 2 amide bonds. The number of halogens is 3. The molecule has 1 fully saturated rings. The quantitative estimate of drug-likeness (QED) is 0.744. The molecule has 0 spiro atoms. The number of alkyl halides is 2. The molecule has 2 N–H and O–H groups in total. The van der Waals surface area contributed by atoms with E-state index in [1.165, 1.54) is 0 Å². The minimum Gasteiger partial charge on any atom is -0.357 e. The number of amides is 2. The van der Waals surface area contributed by atoms with Crippen LogP contribution in [0.3, 0.4) is 0 Å². The number of nitrogens with zero attached hydrogens (tertiary/aromatic N) is 2. The highest BCUT2D eigenvalue weighted by molar-refractivity contribution is 6.30. The number of aromatic nitrogens is 1. The van der Waals surface area contributed by atoms with Gasteiger partial charge in [-0.3, -0.25) is 0 Å². The van der Waals surface area contributed by atoms with Gasteiger partial charge in [0, 0.05) is 29.7 Å². The van der Waals surface area contributed by atoms with E-state index in [0.717, 1.165) is 12.7 Å². The molecule has 0 unspecified atom stereocenters. The number of nitrogens with one attached hydrogen (secondary N) is 2. The zero-order chi connectivity index (χ0) is 19.4. The van der Waals surface area contributed by atoms with E-state index in [1.54, 1.807) is 42.6 Å². The molecule has 0 aliphatic carbocycles. The van der Waals surface area contributed by atoms with Gasteiger partial charge in [0.25, 0.3) is 0 Å². The highest BCUT2D eigenvalue weighted by Gasteiger charge is 2.36. The van der Waals surface area contributed by atoms with Crippen LogP contribution < -0.4 is 15.5 Å². The second-order valence-corrected chi connectivity index (χ2v) is 7.15. The number of hydrogen-bond donors (Lipinski definition) is 2. The number of piperidine rings is 1. The minimum atomic E-state index is -2.63. The van der Waals surface area contributed by atoms with Gasteiger partial charge in [-0.25, -0.2) is 18.6 Å². The van der Waals surface area contributed by atoms with Crippen molar-refractivity contribution in [2.75, 3.05) is 28.6 Å². The first-order valence-corrected chi connectivity index (χ1v) is 9.11. The third-order valence-corrected chi connectivity index (χ3v) is 4.90. The summed E-state index contributed by atoms with van der Waals surface area (Å²) in [5.41, 5.74) is 1.16. The Morgan fingerprint density at radius 1 is 1.11 bits per heavy atom. The van der Waals surface area contributed by atoms with Crippen LogP contribution in [0.2, 0.25) is 5.02 Å². The van der Waals surface area contributed by atoms with E-state index >= 15 is 0 Å². The molecule has 144 valence electrons. The van der Waals surface area contributed by atoms with E-state index in [4.69, 9.17) is 11.6 Å². The van der Waals surface area contributed by atoms with Crippen molar-refractivity contribution in [2.45, 2.75) is 25.7 Å². The molecule has 0 bridgehead atoms. The zero-order valence-electron chi connectivity index (χ0n) is 14.9. The lowest BCUT2D eigenvalue weighted by Gasteiger charge is -2.35. The maximum Gasteiger partial charge on any atom is 0.323 e. The monoisotopic (exact) mass is 394 g/mol. The molecule has 1 aromatic carbocycles. The Bertz CT molecular complexity index is 770. The van der Waals surface area contributed by atoms with Crippen molar-refractivity contribution < 1.29 is 13.6 Å². The van der Waals surface area contributed by atoms with Gasteiger partial charge >= 0.3 is 6.03 Å². The van der Waals surface area contributed by atoms with Gasteiger partial charge < -0.3 is 15.5 Å². The van der Waals surface area contributed by atoms with E-state index in [9.17, 15) is 13.6 Å². The fraction of sp³-hybridized carbons (Fsp3) is 0.368. The van der Waals surface area contributed by atoms with Crippen LogP contribution >= 0.6 is 11.6 Å². The summed E-state index contributed by atoms with van der Waals surface area (Å²) < 4.78 is 26.8. The molecular formula is C19H21ClF2N4O. The molecule has 27 heavy (non-hydrogen) atoms. The Hall–Kier alpha value is -2.41. The second kappa shape index (κ2) is 8.08. The SMILES string of the molecule is CC(F)(F)C1CCN(c2ccc(NC(=O)Nc3ccc(Cl)cc3)cn2)CC1. The summed E-state index contributed by atoms with van der Waals surface area (Å²) in [6.45, 7) is 2.08. The summed E-state index contributed by atoms with van der Waals surface area (Å²) >= 11 is 5.81. The van der Waals surface area contributed by atoms with Gasteiger partial charge in [-0.15, -0.1) is 0 Å². The molecule has 5 nitrogen and oxygen atoms in total. The molecule has 8 heteroatoms. The van der Waals surface area contributed by atoms with Crippen LogP contribution in [0.15, 0.2) is 42.6 Å². The molecule has 0 saturated carbocycles. The number of hydrogen-bond acceptors (Lipinski definition) is 3. The molecular weight excluding hydrogens is 374 g/mol. The highest BCUT2D eigenvalue weighted by Crippen LogP contribution is 2.33. The Morgan fingerprint density at radius 3 is 2.26 bits per heavy atom. The molecule has 3 rings (SSSR count). The molecule has 1 aliphatic heterocycles. The number of anilines is 3. The van der Waals surface area contributed by atoms with Gasteiger partial charge in [0.15, 0.2) is 0 Å². The number of rotatable bonds is 4. The first-order chi connectivity index (χ1) is 12.8. The van der Waals surface area contributed by atoms with Gasteiger partial charge in [-0.1, -0.05) is 11.6 Å². The molecule has 1 aliphatic rings. The average Bonchev–Trinajstić information content (AvgIpc) is 2.64. The van der Waals surface area contributed by atoms with Gasteiger partial charge in [-0.05, 0) is 56.2 Å². The van der Waals surface area contributed by atoms with Crippen molar-refractivity contribution in [1.82, 2.24) is 4.98 Å². The first kappa shape index (κ1) is 19.4. The Morgan fingerprint density at radius 2 is 1.70 bits per heavy atom. The van der Waals surface area contributed by atoms with Gasteiger partial charge in [0.1, 0.15) is 5.82 Å². The number of urea groups is 1. The maximum absolute atomic E-state index is 13.4. The number of carbonyl (C=O) groups is 1. The lowest BCUT2D eigenvalue weighted by Crippen LogP contribution is -2.39. The van der Waals surface area contributed by atoms with Gasteiger partial charge in [-0.2, -0.15) is 0 Å². The van der Waals surface area contributed by atoms with E-state index in [2.05, 4.69) is 15.6 Å². The molecule has 0 radical (unpaired) electrons. The van der Waals surface area contributed by atoms with Gasteiger partial charge in [0.05, 0.1) is 11.9 Å². The normalized spacial score (nSPS) is 15.5. The van der Waals surface area contributed by atoms with Crippen LogP contribution in [0.1, 0.15) is 19.8 Å². The predicted octanol–water partition coefficient (Wildman–Crippen LogP) is 5.25. The van der Waals surface area contributed by atoms with Crippen LogP contribution in [0, 0.1) is 5.92 Å². The molecule has 0 atom stereocenters. The Balaban J connectivity index is 1.53. The maximum atomic E-state index is 13.4. The third kappa shape index (κ3) is 5.29. The van der Waals surface area contributed by atoms with Crippen LogP contribution in [-0.2, 0) is 0 Å². The van der Waals surface area contributed by atoms with E-state index in [-0.39, 0.29) is 0 Å². The van der Waals surface area contributed by atoms with Crippen molar-refractivity contribution in [3.8, 4) is 0 Å². The lowest BCUT2D eigenvalue weighted by atomic mass is 9.91. The largest absolute Gasteiger partial charge is 0.357 e. The fourth-order valence-electron chi connectivity index (χ4n) is 3.09. The number of benzene rings is 1. The van der Waals surface area contributed by atoms with Crippen LogP contribution in [0.5, 0.6) is 0 Å². The fourth-order valence-corrected chi connectivity index (χ4v) is 3.22. The van der Waals surface area contributed by atoms with E-state index in [1.807, 2.05) is 4.90 Å². The summed E-state index contributed by atoms with van der Waals surface area (Å²) in [6.07, 6.45) is 2.43. The smallest absolute Gasteiger partial charge is 0.323 e. The van der Waals surface area contributed by atoms with E-state index < -0.39 is 17.9 Å². The van der Waals surface area contributed by atoms with Crippen molar-refractivity contribution in [1.29, 1.82) is 0 Å². The highest BCUT2D eigenvalue weighted by atomic mass is 35.5. The number of carbonyl (C=O) groups excluding carboxylic acids is 1. The van der Waals surface area contributed by atoms with E-state index in [0.29, 0.717) is 42.3 Å². The first-order valence-electron chi connectivity index (χ1n) is 8.73. The topological polar surface area (TPSA) is 57.3 Å². The predicted molar refractivity (Wildman–Crippen MR) is 104 cm³/mol. The lowest BCUT2D eigenvalue weighted by molar-refractivity contribution is -0.0482. The zero-order valence-corrected chi connectivity index (χ0v) is 15.6. The molecule has 2 aromatic rings. The standard InChI is InChI=1S/C19H21ClF2N4O/c1-19(21,22)13-8-10-26(11-9-13)17-7-6-16(12-23-17)25-18(27)24-15-4-2-14(20)3-5-15/h2-7,12-13H,8-11H2,1H3,(H2,24,25,27). The summed E-state index contributed by atoms with van der Waals surface area (Å²) in [5.74, 6) is -2.49. The van der Waals surface area contributed by atoms with Crippen LogP contribution in [0.4, 0.5) is 30.8 Å². The summed E-state index contributed by atoms with van der Waals surface area (Å²) in [7, 11) is 0. The van der Waals surface area contributed by atoms with Crippen molar-refractivity contribution in [3.63, 3.8) is 0 Å². The minimum absolute atomic E-state index is 0.391. The van der Waals surface area contributed by atoms with Gasteiger partial charge in [0.2, 0.25) is 5.92 Å². The van der Waals surface area contributed by atoms with Crippen molar-refractivity contribution in [2.24, 2.45) is 5.92 Å². The molecule has 2 heterocycles. The van der Waals surface area contributed by atoms with Crippen LogP contribution in [0.25, 0.3) is 0 Å². The number of pyridine rings is 1. The Labute approximate surface area is 161 Å². The summed E-state index contributed by atoms with van der Waals surface area (Å²) in [4.78, 5) is 18.3. The van der Waals surface area contributed by atoms with Crippen molar-refractivity contribution in [3.05, 3.63) is 47.6 Å². The molecule has 1 aromatic heterocycles. The Kier molecular flexibility index (Phi) is 5.79. The summed E-state index contributed by atoms with van der Waals surface area (Å²) in [6, 6.07) is 9.90. The van der Waals surface area contributed by atoms with Crippen LogP contribution in [-0.4, -0.2) is 30.0 Å². The average molecular weight is 395 g/mol. The molecule has 1 saturated heterocycles.